The van der Waals surface area contributed by atoms with Crippen molar-refractivity contribution in [1.82, 2.24) is 4.57 Å². The first-order chi connectivity index (χ1) is 18.4. The summed E-state index contributed by atoms with van der Waals surface area (Å²) in [6.45, 7) is 6.26. The molecule has 0 radical (unpaired) electrons. The zero-order chi connectivity index (χ0) is 26.8. The summed E-state index contributed by atoms with van der Waals surface area (Å²) in [6, 6.07) is 24.2. The summed E-state index contributed by atoms with van der Waals surface area (Å²) >= 11 is 7.50. The van der Waals surface area contributed by atoms with Crippen molar-refractivity contribution in [2.75, 3.05) is 6.61 Å². The number of hydrogen-bond donors (Lipinski definition) is 0. The van der Waals surface area contributed by atoms with Gasteiger partial charge in [0.1, 0.15) is 0 Å². The van der Waals surface area contributed by atoms with Crippen molar-refractivity contribution in [3.05, 3.63) is 131 Å². The Morgan fingerprint density at radius 1 is 1.05 bits per heavy atom. The van der Waals surface area contributed by atoms with Crippen LogP contribution in [0.3, 0.4) is 0 Å². The summed E-state index contributed by atoms with van der Waals surface area (Å²) in [7, 11) is 0. The maximum Gasteiger partial charge on any atom is 0.338 e. The van der Waals surface area contributed by atoms with Gasteiger partial charge in [-0.2, -0.15) is 0 Å². The number of carbonyl (C=O) groups is 1. The third-order valence-corrected chi connectivity index (χ3v) is 7.70. The van der Waals surface area contributed by atoms with E-state index in [9.17, 15) is 9.59 Å². The normalized spacial score (nSPS) is 15.4. The van der Waals surface area contributed by atoms with Crippen molar-refractivity contribution in [1.29, 1.82) is 0 Å². The van der Waals surface area contributed by atoms with E-state index >= 15 is 0 Å². The number of thiazole rings is 1. The van der Waals surface area contributed by atoms with Gasteiger partial charge in [0.05, 0.1) is 28.5 Å². The molecule has 0 saturated heterocycles. The van der Waals surface area contributed by atoms with E-state index in [0.717, 1.165) is 16.7 Å². The number of halogens is 1. The van der Waals surface area contributed by atoms with Crippen molar-refractivity contribution in [3.63, 3.8) is 0 Å². The summed E-state index contributed by atoms with van der Waals surface area (Å²) in [5.74, 6) is -0.0833. The van der Waals surface area contributed by atoms with Gasteiger partial charge in [0.15, 0.2) is 4.80 Å². The molecule has 192 valence electrons. The fraction of sp³-hybridized carbons (Fsp3) is 0.194. The van der Waals surface area contributed by atoms with E-state index in [4.69, 9.17) is 21.3 Å². The molecule has 3 aromatic carbocycles. The van der Waals surface area contributed by atoms with E-state index in [1.807, 2.05) is 60.7 Å². The molecule has 7 heteroatoms. The van der Waals surface area contributed by atoms with Crippen molar-refractivity contribution in [2.24, 2.45) is 4.99 Å². The van der Waals surface area contributed by atoms with Gasteiger partial charge < -0.3 is 4.74 Å². The van der Waals surface area contributed by atoms with Crippen LogP contribution in [0.5, 0.6) is 0 Å². The Hall–Kier alpha value is -3.74. The number of ether oxygens (including phenoxy) is 1. The number of hydrogen-bond acceptors (Lipinski definition) is 5. The highest BCUT2D eigenvalue weighted by Gasteiger charge is 2.35. The van der Waals surface area contributed by atoms with Crippen LogP contribution < -0.4 is 14.9 Å². The fourth-order valence-electron chi connectivity index (χ4n) is 4.53. The second kappa shape index (κ2) is 10.9. The van der Waals surface area contributed by atoms with Gasteiger partial charge in [0.2, 0.25) is 0 Å². The molecule has 0 saturated carbocycles. The number of benzene rings is 3. The highest BCUT2D eigenvalue weighted by Crippen LogP contribution is 2.35. The molecule has 1 unspecified atom stereocenters. The number of aromatic nitrogens is 1. The highest BCUT2D eigenvalue weighted by atomic mass is 35.5. The van der Waals surface area contributed by atoms with Crippen LogP contribution in [-0.2, 0) is 9.53 Å². The molecule has 0 aliphatic carbocycles. The van der Waals surface area contributed by atoms with Crippen molar-refractivity contribution >= 4 is 40.7 Å². The zero-order valence-electron chi connectivity index (χ0n) is 21.4. The molecule has 0 amide bonds. The van der Waals surface area contributed by atoms with Crippen LogP contribution in [0.25, 0.3) is 11.8 Å². The molecule has 5 rings (SSSR count). The molecule has 1 atom stereocenters. The maximum absolute atomic E-state index is 13.9. The van der Waals surface area contributed by atoms with Gasteiger partial charge in [-0.05, 0) is 47.7 Å². The van der Waals surface area contributed by atoms with Crippen LogP contribution in [0.15, 0.2) is 94.2 Å². The molecule has 0 bridgehead atoms. The fourth-order valence-corrected chi connectivity index (χ4v) is 5.66. The minimum Gasteiger partial charge on any atom is -0.463 e. The summed E-state index contributed by atoms with van der Waals surface area (Å²) in [5.41, 5.74) is 4.29. The van der Waals surface area contributed by atoms with Gasteiger partial charge in [-0.1, -0.05) is 104 Å². The summed E-state index contributed by atoms with van der Waals surface area (Å²) < 4.78 is 7.63. The van der Waals surface area contributed by atoms with Crippen molar-refractivity contribution in [3.8, 4) is 0 Å². The zero-order valence-corrected chi connectivity index (χ0v) is 22.9. The Kier molecular flexibility index (Phi) is 7.45. The van der Waals surface area contributed by atoms with E-state index in [1.165, 1.54) is 16.9 Å². The lowest BCUT2D eigenvalue weighted by Gasteiger charge is -2.25. The molecular formula is C31H27ClN2O3S. The molecule has 2 heterocycles. The van der Waals surface area contributed by atoms with E-state index in [0.29, 0.717) is 31.5 Å². The highest BCUT2D eigenvalue weighted by molar-refractivity contribution is 7.07. The first kappa shape index (κ1) is 25.9. The number of esters is 1. The average Bonchev–Trinajstić information content (AvgIpc) is 3.23. The van der Waals surface area contributed by atoms with Crippen LogP contribution in [0, 0.1) is 0 Å². The van der Waals surface area contributed by atoms with Crippen molar-refractivity contribution in [2.45, 2.75) is 32.7 Å². The summed E-state index contributed by atoms with van der Waals surface area (Å²) in [6.07, 6.45) is 1.88. The largest absolute Gasteiger partial charge is 0.463 e. The van der Waals surface area contributed by atoms with Crippen molar-refractivity contribution < 1.29 is 9.53 Å². The summed E-state index contributed by atoms with van der Waals surface area (Å²) in [4.78, 5) is 32.7. The second-order valence-corrected chi connectivity index (χ2v) is 10.7. The lowest BCUT2D eigenvalue weighted by atomic mass is 9.93. The molecule has 4 aromatic rings. The van der Waals surface area contributed by atoms with Crippen LogP contribution in [0.2, 0.25) is 5.02 Å². The standard InChI is InChI=1S/C31H27ClN2O3S/c1-4-37-30(36)26-27(22-8-6-5-7-9-22)33-31-34(28(26)23-14-16-24(32)17-15-23)29(35)25(38-31)18-20-10-12-21(13-11-20)19(2)3/h5-19,28H,4H2,1-3H3/b25-18-. The molecule has 1 aromatic heterocycles. The smallest absolute Gasteiger partial charge is 0.338 e. The SMILES string of the molecule is CCOC(=O)C1=C(c2ccccc2)N=c2s/c(=C\c3ccc(C(C)C)cc3)c(=O)n2C1c1ccc(Cl)cc1. The topological polar surface area (TPSA) is 60.7 Å². The second-order valence-electron chi connectivity index (χ2n) is 9.30. The quantitative estimate of drug-likeness (QED) is 0.293. The van der Waals surface area contributed by atoms with E-state index in [2.05, 4.69) is 26.0 Å². The average molecular weight is 543 g/mol. The van der Waals surface area contributed by atoms with Crippen LogP contribution >= 0.6 is 22.9 Å². The molecule has 5 nitrogen and oxygen atoms in total. The predicted molar refractivity (Wildman–Crippen MR) is 153 cm³/mol. The molecule has 1 aliphatic rings. The molecule has 0 spiro atoms. The predicted octanol–water partition coefficient (Wildman–Crippen LogP) is 5.71. The monoisotopic (exact) mass is 542 g/mol. The number of fused-ring (bicyclic) bond motifs is 1. The molecule has 0 N–H and O–H groups in total. The number of nitrogens with zero attached hydrogens (tertiary/aromatic N) is 2. The van der Waals surface area contributed by atoms with Gasteiger partial charge >= 0.3 is 5.97 Å². The van der Waals surface area contributed by atoms with Gasteiger partial charge in [-0.3, -0.25) is 9.36 Å². The Morgan fingerprint density at radius 3 is 2.37 bits per heavy atom. The number of rotatable bonds is 6. The molecule has 0 fully saturated rings. The van der Waals surface area contributed by atoms with Crippen LogP contribution in [0.4, 0.5) is 0 Å². The van der Waals surface area contributed by atoms with E-state index in [1.54, 1.807) is 23.6 Å². The minimum atomic E-state index is -0.719. The van der Waals surface area contributed by atoms with E-state index in [-0.39, 0.29) is 12.2 Å². The molecule has 1 aliphatic heterocycles. The Bertz CT molecular complexity index is 1680. The molecule has 38 heavy (non-hydrogen) atoms. The Morgan fingerprint density at radius 2 is 1.74 bits per heavy atom. The van der Waals surface area contributed by atoms with Gasteiger partial charge in [-0.15, -0.1) is 0 Å². The van der Waals surface area contributed by atoms with Gasteiger partial charge in [0, 0.05) is 10.6 Å². The number of carbonyl (C=O) groups excluding carboxylic acids is 1. The third kappa shape index (κ3) is 5.02. The van der Waals surface area contributed by atoms with E-state index < -0.39 is 12.0 Å². The third-order valence-electron chi connectivity index (χ3n) is 6.46. The Labute approximate surface area is 230 Å². The first-order valence-corrected chi connectivity index (χ1v) is 13.7. The summed E-state index contributed by atoms with van der Waals surface area (Å²) in [5, 5.41) is 0.566. The minimum absolute atomic E-state index is 0.203. The maximum atomic E-state index is 13.9. The van der Waals surface area contributed by atoms with Crippen LogP contribution in [0.1, 0.15) is 55.0 Å². The Balaban J connectivity index is 1.78. The van der Waals surface area contributed by atoms with Gasteiger partial charge in [-0.25, -0.2) is 9.79 Å². The first-order valence-electron chi connectivity index (χ1n) is 12.5. The lowest BCUT2D eigenvalue weighted by Crippen LogP contribution is -2.40. The van der Waals surface area contributed by atoms with Crippen LogP contribution in [-0.4, -0.2) is 17.1 Å². The molecular weight excluding hydrogens is 516 g/mol. The van der Waals surface area contributed by atoms with Gasteiger partial charge in [0.25, 0.3) is 5.56 Å². The lowest BCUT2D eigenvalue weighted by molar-refractivity contribution is -0.138.